The van der Waals surface area contributed by atoms with Crippen LogP contribution in [0.15, 0.2) is 23.1 Å². The van der Waals surface area contributed by atoms with Gasteiger partial charge in [-0.05, 0) is 38.0 Å². The lowest BCUT2D eigenvalue weighted by Gasteiger charge is -2.26. The van der Waals surface area contributed by atoms with Crippen molar-refractivity contribution in [1.29, 1.82) is 0 Å². The molecule has 2 N–H and O–H groups in total. The maximum absolute atomic E-state index is 12.7. The van der Waals surface area contributed by atoms with Crippen molar-refractivity contribution < 1.29 is 27.5 Å². The van der Waals surface area contributed by atoms with E-state index >= 15 is 0 Å². The average Bonchev–Trinajstić information content (AvgIpc) is 2.67. The third-order valence-electron chi connectivity index (χ3n) is 4.04. The third kappa shape index (κ3) is 5.66. The monoisotopic (exact) mass is 431 g/mol. The number of carbonyl (C=O) groups excluding carboxylic acids is 3. The standard InChI is InChI=1S/C17H22ClN3O6S/c1-2-19-17(24)20-15(22)11-27-16(23)13-10-12(6-7-14(13)18)28(25,26)21-8-4-3-5-9-21/h6-7,10H,2-5,8-9,11H2,1H3,(H2,19,20,22,24). The number of halogens is 1. The number of benzene rings is 1. The van der Waals surface area contributed by atoms with Gasteiger partial charge in [-0.25, -0.2) is 18.0 Å². The van der Waals surface area contributed by atoms with Crippen molar-refractivity contribution in [2.24, 2.45) is 0 Å². The lowest BCUT2D eigenvalue weighted by atomic mass is 10.2. The van der Waals surface area contributed by atoms with Crippen molar-refractivity contribution in [1.82, 2.24) is 14.9 Å². The largest absolute Gasteiger partial charge is 0.452 e. The van der Waals surface area contributed by atoms with Gasteiger partial charge in [0.1, 0.15) is 0 Å². The lowest BCUT2D eigenvalue weighted by Crippen LogP contribution is -2.41. The Morgan fingerprint density at radius 2 is 1.86 bits per heavy atom. The highest BCUT2D eigenvalue weighted by Crippen LogP contribution is 2.25. The molecule has 2 rings (SSSR count). The molecular weight excluding hydrogens is 410 g/mol. The summed E-state index contributed by atoms with van der Waals surface area (Å²) in [6.07, 6.45) is 2.54. The zero-order valence-corrected chi connectivity index (χ0v) is 16.9. The second kappa shape index (κ2) is 9.85. The Morgan fingerprint density at radius 3 is 2.50 bits per heavy atom. The van der Waals surface area contributed by atoms with Gasteiger partial charge in [-0.15, -0.1) is 0 Å². The Bertz CT molecular complexity index is 852. The topological polar surface area (TPSA) is 122 Å². The second-order valence-electron chi connectivity index (χ2n) is 6.09. The van der Waals surface area contributed by atoms with Crippen LogP contribution in [0, 0.1) is 0 Å². The van der Waals surface area contributed by atoms with Gasteiger partial charge >= 0.3 is 12.0 Å². The van der Waals surface area contributed by atoms with Crippen LogP contribution in [0.2, 0.25) is 5.02 Å². The number of amides is 3. The number of nitrogens with one attached hydrogen (secondary N) is 2. The van der Waals surface area contributed by atoms with Gasteiger partial charge in [0.15, 0.2) is 6.61 Å². The van der Waals surface area contributed by atoms with Crippen molar-refractivity contribution in [2.75, 3.05) is 26.2 Å². The summed E-state index contributed by atoms with van der Waals surface area (Å²) in [5.74, 6) is -1.79. The first-order chi connectivity index (χ1) is 13.3. The summed E-state index contributed by atoms with van der Waals surface area (Å²) < 4.78 is 31.7. The van der Waals surface area contributed by atoms with Crippen LogP contribution in [0.4, 0.5) is 4.79 Å². The number of hydrogen-bond acceptors (Lipinski definition) is 6. The molecule has 1 aromatic rings. The number of rotatable bonds is 6. The minimum atomic E-state index is -3.75. The minimum Gasteiger partial charge on any atom is -0.452 e. The number of nitrogens with zero attached hydrogens (tertiary/aromatic N) is 1. The number of sulfonamides is 1. The molecule has 0 aromatic heterocycles. The molecule has 28 heavy (non-hydrogen) atoms. The maximum atomic E-state index is 12.7. The Morgan fingerprint density at radius 1 is 1.18 bits per heavy atom. The van der Waals surface area contributed by atoms with E-state index in [-0.39, 0.29) is 15.5 Å². The molecule has 0 aliphatic carbocycles. The molecule has 1 saturated heterocycles. The van der Waals surface area contributed by atoms with E-state index < -0.39 is 34.5 Å². The van der Waals surface area contributed by atoms with Crippen LogP contribution in [-0.2, 0) is 19.6 Å². The van der Waals surface area contributed by atoms with Gasteiger partial charge in [0, 0.05) is 19.6 Å². The summed E-state index contributed by atoms with van der Waals surface area (Å²) in [7, 11) is -3.75. The quantitative estimate of drug-likeness (QED) is 0.658. The number of imide groups is 1. The van der Waals surface area contributed by atoms with Gasteiger partial charge in [0.25, 0.3) is 5.91 Å². The van der Waals surface area contributed by atoms with Gasteiger partial charge in [-0.2, -0.15) is 4.31 Å². The molecule has 0 spiro atoms. The second-order valence-corrected chi connectivity index (χ2v) is 8.44. The number of ether oxygens (including phenoxy) is 1. The number of piperidine rings is 1. The predicted octanol–water partition coefficient (Wildman–Crippen LogP) is 1.52. The molecular formula is C17H22ClN3O6S. The Hall–Kier alpha value is -2.17. The first-order valence-electron chi connectivity index (χ1n) is 8.80. The van der Waals surface area contributed by atoms with E-state index in [1.165, 1.54) is 16.4 Å². The van der Waals surface area contributed by atoms with Gasteiger partial charge in [-0.1, -0.05) is 18.0 Å². The highest BCUT2D eigenvalue weighted by atomic mass is 35.5. The molecule has 1 aromatic carbocycles. The van der Waals surface area contributed by atoms with E-state index in [4.69, 9.17) is 16.3 Å². The normalized spacial score (nSPS) is 14.9. The van der Waals surface area contributed by atoms with Crippen molar-refractivity contribution in [3.05, 3.63) is 28.8 Å². The Balaban J connectivity index is 2.09. The molecule has 9 nitrogen and oxygen atoms in total. The molecule has 11 heteroatoms. The van der Waals surface area contributed by atoms with Crippen LogP contribution >= 0.6 is 11.6 Å². The van der Waals surface area contributed by atoms with E-state index in [1.54, 1.807) is 6.92 Å². The smallest absolute Gasteiger partial charge is 0.340 e. The van der Waals surface area contributed by atoms with Crippen LogP contribution in [-0.4, -0.2) is 56.9 Å². The molecule has 3 amide bonds. The van der Waals surface area contributed by atoms with Gasteiger partial charge in [0.05, 0.1) is 15.5 Å². The molecule has 0 bridgehead atoms. The van der Waals surface area contributed by atoms with E-state index in [0.29, 0.717) is 19.6 Å². The number of urea groups is 1. The Labute approximate surface area is 168 Å². The SMILES string of the molecule is CCNC(=O)NC(=O)COC(=O)c1cc(S(=O)(=O)N2CCCCC2)ccc1Cl. The fourth-order valence-electron chi connectivity index (χ4n) is 2.65. The number of hydrogen-bond donors (Lipinski definition) is 2. The third-order valence-corrected chi connectivity index (χ3v) is 6.26. The fraction of sp³-hybridized carbons (Fsp3) is 0.471. The zero-order chi connectivity index (χ0) is 20.7. The van der Waals surface area contributed by atoms with Crippen LogP contribution in [0.5, 0.6) is 0 Å². The summed E-state index contributed by atoms with van der Waals surface area (Å²) in [6, 6.07) is 3.04. The maximum Gasteiger partial charge on any atom is 0.340 e. The van der Waals surface area contributed by atoms with Gasteiger partial charge < -0.3 is 10.1 Å². The Kier molecular flexibility index (Phi) is 7.78. The van der Waals surface area contributed by atoms with Crippen molar-refractivity contribution in [3.8, 4) is 0 Å². The molecule has 0 saturated carbocycles. The highest BCUT2D eigenvalue weighted by Gasteiger charge is 2.27. The van der Waals surface area contributed by atoms with Gasteiger partial charge in [-0.3, -0.25) is 10.1 Å². The lowest BCUT2D eigenvalue weighted by molar-refractivity contribution is -0.123. The summed E-state index contributed by atoms with van der Waals surface area (Å²) in [4.78, 5) is 35.0. The van der Waals surface area contributed by atoms with E-state index in [1.807, 2.05) is 5.32 Å². The van der Waals surface area contributed by atoms with Crippen molar-refractivity contribution >= 4 is 39.5 Å². The first-order valence-corrected chi connectivity index (χ1v) is 10.6. The van der Waals surface area contributed by atoms with E-state index in [2.05, 4.69) is 5.32 Å². The fourth-order valence-corrected chi connectivity index (χ4v) is 4.39. The average molecular weight is 432 g/mol. The van der Waals surface area contributed by atoms with E-state index in [0.717, 1.165) is 25.3 Å². The van der Waals surface area contributed by atoms with Crippen LogP contribution in [0.25, 0.3) is 0 Å². The molecule has 1 heterocycles. The molecule has 0 radical (unpaired) electrons. The van der Waals surface area contributed by atoms with Crippen LogP contribution in [0.1, 0.15) is 36.5 Å². The molecule has 0 atom stereocenters. The van der Waals surface area contributed by atoms with Crippen LogP contribution < -0.4 is 10.6 Å². The predicted molar refractivity (Wildman–Crippen MR) is 102 cm³/mol. The minimum absolute atomic E-state index is 0.00766. The van der Waals surface area contributed by atoms with Gasteiger partial charge in [0.2, 0.25) is 10.0 Å². The number of esters is 1. The van der Waals surface area contributed by atoms with Crippen LogP contribution in [0.3, 0.4) is 0 Å². The van der Waals surface area contributed by atoms with Crippen molar-refractivity contribution in [3.63, 3.8) is 0 Å². The number of carbonyl (C=O) groups is 3. The molecule has 154 valence electrons. The summed E-state index contributed by atoms with van der Waals surface area (Å²) >= 11 is 5.99. The van der Waals surface area contributed by atoms with E-state index in [9.17, 15) is 22.8 Å². The molecule has 1 fully saturated rings. The first kappa shape index (κ1) is 22.1. The highest BCUT2D eigenvalue weighted by molar-refractivity contribution is 7.89. The summed E-state index contributed by atoms with van der Waals surface area (Å²) in [6.45, 7) is 2.13. The summed E-state index contributed by atoms with van der Waals surface area (Å²) in [5, 5.41) is 4.33. The summed E-state index contributed by atoms with van der Waals surface area (Å²) in [5.41, 5.74) is -0.175. The molecule has 1 aliphatic heterocycles. The zero-order valence-electron chi connectivity index (χ0n) is 15.4. The molecule has 1 aliphatic rings. The van der Waals surface area contributed by atoms with Crippen molar-refractivity contribution in [2.45, 2.75) is 31.1 Å². The molecule has 0 unspecified atom stereocenters.